The third kappa shape index (κ3) is 2.40. The second-order valence-electron chi connectivity index (χ2n) is 5.38. The van der Waals surface area contributed by atoms with Crippen molar-refractivity contribution in [3.05, 3.63) is 34.9 Å². The summed E-state index contributed by atoms with van der Waals surface area (Å²) in [6, 6.07) is 6.45. The summed E-state index contributed by atoms with van der Waals surface area (Å²) in [4.78, 5) is 25.1. The Morgan fingerprint density at radius 3 is 2.50 bits per heavy atom. The molecule has 0 radical (unpaired) electrons. The van der Waals surface area contributed by atoms with Crippen molar-refractivity contribution >= 4 is 23.5 Å². The molecule has 1 aliphatic carbocycles. The largest absolute Gasteiger partial charge is 0.480 e. The zero-order valence-corrected chi connectivity index (χ0v) is 12.4. The number of amides is 1. The van der Waals surface area contributed by atoms with Crippen LogP contribution in [0.25, 0.3) is 0 Å². The molecule has 1 unspecified atom stereocenters. The zero-order chi connectivity index (χ0) is 14.9. The van der Waals surface area contributed by atoms with Gasteiger partial charge in [-0.15, -0.1) is 0 Å². The van der Waals surface area contributed by atoms with Gasteiger partial charge in [0.25, 0.3) is 0 Å². The quantitative estimate of drug-likeness (QED) is 0.929. The number of carboxylic acids is 1. The van der Waals surface area contributed by atoms with E-state index in [1.807, 2.05) is 12.1 Å². The number of hydrogen-bond acceptors (Lipinski definition) is 2. The number of hydrogen-bond donors (Lipinski definition) is 1. The van der Waals surface area contributed by atoms with Crippen LogP contribution in [0.3, 0.4) is 0 Å². The normalized spacial score (nSPS) is 17.9. The Kier molecular flexibility index (Phi) is 4.04. The molecule has 0 saturated heterocycles. The summed E-state index contributed by atoms with van der Waals surface area (Å²) in [6.07, 6.45) is 2.44. The third-order valence-electron chi connectivity index (χ3n) is 4.25. The van der Waals surface area contributed by atoms with Crippen LogP contribution in [-0.2, 0) is 15.0 Å². The SMILES string of the molecule is CC(C(=O)O)N(C)C(=O)C1(c2cccc(Cl)c2)CCC1. The molecule has 0 aliphatic heterocycles. The van der Waals surface area contributed by atoms with Crippen molar-refractivity contribution in [1.29, 1.82) is 0 Å². The molecule has 1 N–H and O–H groups in total. The summed E-state index contributed by atoms with van der Waals surface area (Å²) < 4.78 is 0. The number of carbonyl (C=O) groups excluding carboxylic acids is 1. The van der Waals surface area contributed by atoms with Crippen molar-refractivity contribution in [1.82, 2.24) is 4.90 Å². The van der Waals surface area contributed by atoms with Crippen LogP contribution in [0, 0.1) is 0 Å². The van der Waals surface area contributed by atoms with E-state index < -0.39 is 17.4 Å². The molecule has 108 valence electrons. The minimum Gasteiger partial charge on any atom is -0.480 e. The number of halogens is 1. The molecule has 1 aromatic rings. The van der Waals surface area contributed by atoms with Crippen LogP contribution in [0.1, 0.15) is 31.7 Å². The minimum absolute atomic E-state index is 0.138. The van der Waals surface area contributed by atoms with Gasteiger partial charge in [-0.3, -0.25) is 4.79 Å². The number of aliphatic carboxylic acids is 1. The van der Waals surface area contributed by atoms with Gasteiger partial charge >= 0.3 is 5.97 Å². The molecule has 0 aromatic heterocycles. The van der Waals surface area contributed by atoms with Crippen molar-refractivity contribution in [2.75, 3.05) is 7.05 Å². The number of carboxylic acid groups (broad SMARTS) is 1. The summed E-state index contributed by atoms with van der Waals surface area (Å²) in [6.45, 7) is 1.52. The lowest BCUT2D eigenvalue weighted by molar-refractivity contribution is -0.152. The maximum Gasteiger partial charge on any atom is 0.326 e. The standard InChI is InChI=1S/C15H18ClNO3/c1-10(13(18)19)17(2)14(20)15(7-4-8-15)11-5-3-6-12(16)9-11/h3,5-6,9-10H,4,7-8H2,1-2H3,(H,18,19). The summed E-state index contributed by atoms with van der Waals surface area (Å²) in [5.74, 6) is -1.14. The van der Waals surface area contributed by atoms with Crippen molar-refractivity contribution in [2.24, 2.45) is 0 Å². The number of nitrogens with zero attached hydrogens (tertiary/aromatic N) is 1. The predicted octanol–water partition coefficient (Wildman–Crippen LogP) is 2.69. The van der Waals surface area contributed by atoms with Crippen LogP contribution in [0.2, 0.25) is 5.02 Å². The van der Waals surface area contributed by atoms with Gasteiger partial charge in [-0.05, 0) is 37.5 Å². The van der Waals surface area contributed by atoms with Crippen LogP contribution in [0.15, 0.2) is 24.3 Å². The van der Waals surface area contributed by atoms with Crippen LogP contribution < -0.4 is 0 Å². The average molecular weight is 296 g/mol. The Morgan fingerprint density at radius 1 is 1.40 bits per heavy atom. The Morgan fingerprint density at radius 2 is 2.05 bits per heavy atom. The number of likely N-dealkylation sites (N-methyl/N-ethyl adjacent to an activating group) is 1. The molecule has 0 spiro atoms. The predicted molar refractivity (Wildman–Crippen MR) is 76.8 cm³/mol. The summed E-state index contributed by atoms with van der Waals surface area (Å²) in [5.41, 5.74) is 0.272. The molecule has 1 fully saturated rings. The van der Waals surface area contributed by atoms with Gasteiger partial charge in [-0.25, -0.2) is 4.79 Å². The molecule has 20 heavy (non-hydrogen) atoms. The van der Waals surface area contributed by atoms with E-state index in [-0.39, 0.29) is 5.91 Å². The van der Waals surface area contributed by atoms with E-state index in [1.54, 1.807) is 19.2 Å². The first kappa shape index (κ1) is 14.9. The van der Waals surface area contributed by atoms with Crippen LogP contribution in [0.5, 0.6) is 0 Å². The lowest BCUT2D eigenvalue weighted by Gasteiger charge is -2.44. The van der Waals surface area contributed by atoms with Gasteiger partial charge in [0.1, 0.15) is 6.04 Å². The molecule has 1 saturated carbocycles. The van der Waals surface area contributed by atoms with Gasteiger partial charge in [-0.2, -0.15) is 0 Å². The highest BCUT2D eigenvalue weighted by Gasteiger charge is 2.48. The molecule has 1 atom stereocenters. The average Bonchev–Trinajstić information content (AvgIpc) is 2.35. The Bertz CT molecular complexity index is 540. The highest BCUT2D eigenvalue weighted by molar-refractivity contribution is 6.30. The highest BCUT2D eigenvalue weighted by Crippen LogP contribution is 2.45. The first-order valence-corrected chi connectivity index (χ1v) is 7.02. The fourth-order valence-corrected chi connectivity index (χ4v) is 2.81. The summed E-state index contributed by atoms with van der Waals surface area (Å²) in [7, 11) is 1.55. The second kappa shape index (κ2) is 5.44. The van der Waals surface area contributed by atoms with E-state index in [9.17, 15) is 9.59 Å². The molecule has 1 amide bonds. The van der Waals surface area contributed by atoms with Crippen molar-refractivity contribution in [3.8, 4) is 0 Å². The summed E-state index contributed by atoms with van der Waals surface area (Å²) >= 11 is 6.01. The van der Waals surface area contributed by atoms with Gasteiger partial charge < -0.3 is 10.0 Å². The number of carbonyl (C=O) groups is 2. The molecule has 0 heterocycles. The number of benzene rings is 1. The van der Waals surface area contributed by atoms with Crippen molar-refractivity contribution < 1.29 is 14.7 Å². The molecule has 4 nitrogen and oxygen atoms in total. The Balaban J connectivity index is 2.32. The van der Waals surface area contributed by atoms with E-state index >= 15 is 0 Å². The topological polar surface area (TPSA) is 57.6 Å². The van der Waals surface area contributed by atoms with Crippen LogP contribution in [-0.4, -0.2) is 35.0 Å². The third-order valence-corrected chi connectivity index (χ3v) is 4.49. The maximum atomic E-state index is 12.7. The molecular formula is C15H18ClNO3. The molecule has 1 aliphatic rings. The van der Waals surface area contributed by atoms with E-state index in [1.165, 1.54) is 11.8 Å². The summed E-state index contributed by atoms with van der Waals surface area (Å²) in [5, 5.41) is 9.65. The molecule has 5 heteroatoms. The molecule has 1 aromatic carbocycles. The Labute approximate surface area is 123 Å². The monoisotopic (exact) mass is 295 g/mol. The molecule has 0 bridgehead atoms. The first-order chi connectivity index (χ1) is 9.38. The van der Waals surface area contributed by atoms with Gasteiger partial charge in [0.15, 0.2) is 0 Å². The zero-order valence-electron chi connectivity index (χ0n) is 11.6. The van der Waals surface area contributed by atoms with E-state index in [4.69, 9.17) is 16.7 Å². The number of rotatable bonds is 4. The van der Waals surface area contributed by atoms with Crippen LogP contribution in [0.4, 0.5) is 0 Å². The lowest BCUT2D eigenvalue weighted by atomic mass is 9.63. The van der Waals surface area contributed by atoms with Crippen LogP contribution >= 0.6 is 11.6 Å². The van der Waals surface area contributed by atoms with E-state index in [2.05, 4.69) is 0 Å². The van der Waals surface area contributed by atoms with Crippen molar-refractivity contribution in [3.63, 3.8) is 0 Å². The lowest BCUT2D eigenvalue weighted by Crippen LogP contribution is -2.53. The van der Waals surface area contributed by atoms with Gasteiger partial charge in [0.2, 0.25) is 5.91 Å². The maximum absolute atomic E-state index is 12.7. The van der Waals surface area contributed by atoms with Gasteiger partial charge in [0.05, 0.1) is 5.41 Å². The molecule has 2 rings (SSSR count). The Hall–Kier alpha value is -1.55. The minimum atomic E-state index is -0.999. The van der Waals surface area contributed by atoms with E-state index in [0.717, 1.165) is 24.8 Å². The fraction of sp³-hybridized carbons (Fsp3) is 0.467. The highest BCUT2D eigenvalue weighted by atomic mass is 35.5. The van der Waals surface area contributed by atoms with Gasteiger partial charge in [0, 0.05) is 12.1 Å². The first-order valence-electron chi connectivity index (χ1n) is 6.64. The second-order valence-corrected chi connectivity index (χ2v) is 5.81. The van der Waals surface area contributed by atoms with Gasteiger partial charge in [-0.1, -0.05) is 30.2 Å². The fourth-order valence-electron chi connectivity index (χ4n) is 2.62. The smallest absolute Gasteiger partial charge is 0.326 e. The van der Waals surface area contributed by atoms with Crippen molar-refractivity contribution in [2.45, 2.75) is 37.6 Å². The molecular weight excluding hydrogens is 278 g/mol. The van der Waals surface area contributed by atoms with E-state index in [0.29, 0.717) is 5.02 Å².